The van der Waals surface area contributed by atoms with Gasteiger partial charge in [-0.25, -0.2) is 4.99 Å². The summed E-state index contributed by atoms with van der Waals surface area (Å²) in [5, 5.41) is 6.37. The highest BCUT2D eigenvalue weighted by Gasteiger charge is 2.16. The van der Waals surface area contributed by atoms with Gasteiger partial charge >= 0.3 is 0 Å². The minimum atomic E-state index is -0.248. The number of nitrogens with zero attached hydrogens (tertiary/aromatic N) is 2. The minimum Gasteiger partial charge on any atom is -0.397 e. The summed E-state index contributed by atoms with van der Waals surface area (Å²) in [6.45, 7) is 9.74. The predicted octanol–water partition coefficient (Wildman–Crippen LogP) is 7.67. The number of benzene rings is 3. The number of hydrogen-bond donors (Lipinski definition) is 3. The van der Waals surface area contributed by atoms with Crippen LogP contribution in [0.15, 0.2) is 113 Å². The molecule has 0 fully saturated rings. The summed E-state index contributed by atoms with van der Waals surface area (Å²) >= 11 is 0. The van der Waals surface area contributed by atoms with E-state index in [1.807, 2.05) is 49.4 Å². The van der Waals surface area contributed by atoms with Crippen molar-refractivity contribution in [2.75, 3.05) is 29.6 Å². The number of carbonyl (C=O) groups excluding carboxylic acids is 1. The van der Waals surface area contributed by atoms with Crippen LogP contribution in [0, 0.1) is 0 Å². The normalized spacial score (nSPS) is 13.6. The average Bonchev–Trinajstić information content (AvgIpc) is 3.01. The van der Waals surface area contributed by atoms with E-state index in [2.05, 4.69) is 53.4 Å². The fourth-order valence-electron chi connectivity index (χ4n) is 4.42. The van der Waals surface area contributed by atoms with E-state index in [4.69, 9.17) is 15.5 Å². The van der Waals surface area contributed by atoms with Crippen LogP contribution in [0.1, 0.15) is 54.6 Å². The van der Waals surface area contributed by atoms with E-state index in [0.29, 0.717) is 34.9 Å². The minimum absolute atomic E-state index is 0.248. The Balaban J connectivity index is 1.55. The lowest BCUT2D eigenvalue weighted by Crippen LogP contribution is -2.24. The van der Waals surface area contributed by atoms with E-state index >= 15 is 0 Å². The molecule has 0 spiro atoms. The summed E-state index contributed by atoms with van der Waals surface area (Å²) in [6, 6.07) is 22.9. The summed E-state index contributed by atoms with van der Waals surface area (Å²) in [7, 11) is 0. The first-order valence-corrected chi connectivity index (χ1v) is 14.3. The Kier molecular flexibility index (Phi) is 11.0. The van der Waals surface area contributed by atoms with Gasteiger partial charge in [0.15, 0.2) is 5.84 Å². The van der Waals surface area contributed by atoms with Gasteiger partial charge in [0.25, 0.3) is 5.91 Å². The van der Waals surface area contributed by atoms with Crippen molar-refractivity contribution < 1.29 is 9.53 Å². The van der Waals surface area contributed by atoms with Crippen LogP contribution in [-0.2, 0) is 11.2 Å². The molecule has 42 heavy (non-hydrogen) atoms. The molecule has 0 aromatic heterocycles. The smallest absolute Gasteiger partial charge is 0.255 e. The molecule has 7 heteroatoms. The molecule has 0 aliphatic carbocycles. The number of amidine groups is 1. The van der Waals surface area contributed by atoms with Gasteiger partial charge in [0.2, 0.25) is 0 Å². The maximum absolute atomic E-state index is 13.0. The number of hydrogen-bond acceptors (Lipinski definition) is 5. The van der Waals surface area contributed by atoms with E-state index in [1.165, 1.54) is 5.56 Å². The Morgan fingerprint density at radius 3 is 2.57 bits per heavy atom. The number of carbonyl (C=O) groups is 1. The van der Waals surface area contributed by atoms with E-state index in [1.54, 1.807) is 24.4 Å². The summed E-state index contributed by atoms with van der Waals surface area (Å²) < 4.78 is 5.61. The molecule has 3 aromatic carbocycles. The third-order valence-electron chi connectivity index (χ3n) is 6.66. The van der Waals surface area contributed by atoms with Gasteiger partial charge in [-0.3, -0.25) is 9.79 Å². The van der Waals surface area contributed by atoms with Crippen LogP contribution in [-0.4, -0.2) is 30.7 Å². The molecule has 4 rings (SSSR count). The van der Waals surface area contributed by atoms with Crippen LogP contribution in [0.4, 0.5) is 17.1 Å². The zero-order chi connectivity index (χ0) is 29.7. The topological polar surface area (TPSA) is 101 Å². The van der Waals surface area contributed by atoms with Crippen LogP contribution < -0.4 is 16.4 Å². The first kappa shape index (κ1) is 30.2. The number of anilines is 3. The number of aliphatic imine (C=N–C) groups is 2. The standard InChI is InChI=1S/C35H39N5O2/c1-4-21-42-22-9-10-26-15-17-29(18-16-26)38-34(33-23-25(3)19-20-37-33)39-31(5-2)27-11-8-12-28(24-27)35(41)40-32-14-7-6-13-30(32)36/h5-8,11-20,24H,3-4,9-10,21-23,36H2,1-2H3,(H,38,39)(H,40,41)/b31-5-. The van der Waals surface area contributed by atoms with Gasteiger partial charge in [-0.1, -0.05) is 56.0 Å². The largest absolute Gasteiger partial charge is 0.397 e. The second-order valence-corrected chi connectivity index (χ2v) is 10.0. The predicted molar refractivity (Wildman–Crippen MR) is 176 cm³/mol. The highest BCUT2D eigenvalue weighted by Crippen LogP contribution is 2.23. The van der Waals surface area contributed by atoms with Crippen LogP contribution in [0.5, 0.6) is 0 Å². The van der Waals surface area contributed by atoms with Crippen LogP contribution in [0.2, 0.25) is 0 Å². The molecule has 1 heterocycles. The Bertz CT molecular complexity index is 1520. The van der Waals surface area contributed by atoms with Crippen molar-refractivity contribution >= 4 is 40.2 Å². The maximum Gasteiger partial charge on any atom is 0.255 e. The van der Waals surface area contributed by atoms with Crippen molar-refractivity contribution in [3.63, 3.8) is 0 Å². The molecule has 0 radical (unpaired) electrons. The number of nitrogen functional groups attached to an aromatic ring is 1. The summed E-state index contributed by atoms with van der Waals surface area (Å²) in [6.07, 6.45) is 9.15. The monoisotopic (exact) mass is 561 g/mol. The van der Waals surface area contributed by atoms with Crippen molar-refractivity contribution in [1.82, 2.24) is 0 Å². The quantitative estimate of drug-likeness (QED) is 0.0914. The van der Waals surface area contributed by atoms with Gasteiger partial charge in [-0.2, -0.15) is 0 Å². The Labute approximate surface area is 248 Å². The zero-order valence-corrected chi connectivity index (χ0v) is 24.4. The lowest BCUT2D eigenvalue weighted by atomic mass is 10.1. The average molecular weight is 562 g/mol. The zero-order valence-electron chi connectivity index (χ0n) is 24.4. The SMILES string of the molecule is C=C1C=CN=C(C(=N/C(=C\C)c2cccc(C(=O)Nc3ccccc3N)c2)Nc2ccc(CCCOCCC)cc2)C1. The molecule has 7 nitrogen and oxygen atoms in total. The molecule has 1 aliphatic heterocycles. The first-order valence-electron chi connectivity index (χ1n) is 14.3. The number of aryl methyl sites for hydroxylation is 1. The number of amides is 1. The fraction of sp³-hybridized carbons (Fsp3) is 0.229. The van der Waals surface area contributed by atoms with Gasteiger partial charge in [-0.15, -0.1) is 0 Å². The molecule has 0 bridgehead atoms. The lowest BCUT2D eigenvalue weighted by molar-refractivity contribution is 0.102. The van der Waals surface area contributed by atoms with Gasteiger partial charge < -0.3 is 21.1 Å². The number of rotatable bonds is 12. The van der Waals surface area contributed by atoms with Crippen LogP contribution >= 0.6 is 0 Å². The molecule has 4 N–H and O–H groups in total. The van der Waals surface area contributed by atoms with Crippen molar-refractivity contribution in [3.8, 4) is 0 Å². The van der Waals surface area contributed by atoms with Crippen molar-refractivity contribution in [3.05, 3.63) is 120 Å². The number of nitrogens with one attached hydrogen (secondary N) is 2. The second kappa shape index (κ2) is 15.3. The Hall–Kier alpha value is -4.75. The molecule has 0 atom stereocenters. The molecule has 216 valence electrons. The second-order valence-electron chi connectivity index (χ2n) is 10.0. The number of para-hydroxylation sites is 2. The highest BCUT2D eigenvalue weighted by molar-refractivity contribution is 6.47. The van der Waals surface area contributed by atoms with Gasteiger partial charge in [-0.05, 0) is 79.8 Å². The number of ether oxygens (including phenoxy) is 1. The fourth-order valence-corrected chi connectivity index (χ4v) is 4.42. The van der Waals surface area contributed by atoms with Gasteiger partial charge in [0, 0.05) is 42.6 Å². The molecule has 0 saturated carbocycles. The first-order chi connectivity index (χ1) is 20.5. The van der Waals surface area contributed by atoms with E-state index in [9.17, 15) is 4.79 Å². The molecular weight excluding hydrogens is 522 g/mol. The summed E-state index contributed by atoms with van der Waals surface area (Å²) in [5.74, 6) is 0.379. The third-order valence-corrected chi connectivity index (χ3v) is 6.66. The lowest BCUT2D eigenvalue weighted by Gasteiger charge is -2.16. The maximum atomic E-state index is 13.0. The molecule has 1 aliphatic rings. The van der Waals surface area contributed by atoms with Crippen molar-refractivity contribution in [2.45, 2.75) is 39.5 Å². The van der Waals surface area contributed by atoms with Gasteiger partial charge in [0.1, 0.15) is 0 Å². The number of allylic oxidation sites excluding steroid dienone is 3. The number of nitrogens with two attached hydrogens (primary N) is 1. The van der Waals surface area contributed by atoms with E-state index < -0.39 is 0 Å². The van der Waals surface area contributed by atoms with Crippen LogP contribution in [0.25, 0.3) is 5.70 Å². The van der Waals surface area contributed by atoms with E-state index in [0.717, 1.165) is 55.0 Å². The molecule has 0 saturated heterocycles. The highest BCUT2D eigenvalue weighted by atomic mass is 16.5. The molecule has 3 aromatic rings. The molecule has 1 amide bonds. The Morgan fingerprint density at radius 2 is 1.83 bits per heavy atom. The molecule has 0 unspecified atom stereocenters. The van der Waals surface area contributed by atoms with Gasteiger partial charge in [0.05, 0.1) is 22.8 Å². The van der Waals surface area contributed by atoms with E-state index in [-0.39, 0.29) is 5.91 Å². The third kappa shape index (κ3) is 8.62. The van der Waals surface area contributed by atoms with Crippen molar-refractivity contribution in [2.24, 2.45) is 9.98 Å². The van der Waals surface area contributed by atoms with Crippen molar-refractivity contribution in [1.29, 1.82) is 0 Å². The summed E-state index contributed by atoms with van der Waals surface area (Å²) in [5.41, 5.74) is 13.0. The summed E-state index contributed by atoms with van der Waals surface area (Å²) in [4.78, 5) is 22.7. The van der Waals surface area contributed by atoms with Crippen LogP contribution in [0.3, 0.4) is 0 Å². The Morgan fingerprint density at radius 1 is 1.05 bits per heavy atom. The molecular formula is C35H39N5O2.